The van der Waals surface area contributed by atoms with Gasteiger partial charge in [-0.1, -0.05) is 12.1 Å². The number of methoxy groups -OCH3 is 1. The van der Waals surface area contributed by atoms with Gasteiger partial charge in [-0.15, -0.1) is 0 Å². The summed E-state index contributed by atoms with van der Waals surface area (Å²) >= 11 is 5.39. The topological polar surface area (TPSA) is 94.2 Å². The molecule has 0 aliphatic carbocycles. The molecular formula is C20H20FN5O3S. The van der Waals surface area contributed by atoms with Gasteiger partial charge < -0.3 is 15.4 Å². The summed E-state index contributed by atoms with van der Waals surface area (Å²) in [5, 5.41) is 21.9. The standard InChI is InChI=1S/C20H20FN5O3S/c1-12-19(13(2)25(24-12)11-14-4-6-15(21)7-5-14)23-20(30)22-17-9-8-16(26(27)28)10-18(17)29-3/h4-10H,11H2,1-3H3,(H2,22,23,30). The Morgan fingerprint density at radius 2 is 1.93 bits per heavy atom. The second-order valence-electron chi connectivity index (χ2n) is 6.55. The molecule has 0 aliphatic heterocycles. The minimum Gasteiger partial charge on any atom is -0.494 e. The fourth-order valence-corrected chi connectivity index (χ4v) is 3.17. The van der Waals surface area contributed by atoms with E-state index in [9.17, 15) is 14.5 Å². The normalized spacial score (nSPS) is 10.5. The molecule has 0 atom stereocenters. The number of benzene rings is 2. The molecule has 0 amide bonds. The van der Waals surface area contributed by atoms with Gasteiger partial charge in [0.1, 0.15) is 11.6 Å². The van der Waals surface area contributed by atoms with E-state index in [0.717, 1.165) is 22.6 Å². The van der Waals surface area contributed by atoms with Crippen molar-refractivity contribution in [2.75, 3.05) is 17.7 Å². The van der Waals surface area contributed by atoms with Crippen molar-refractivity contribution in [3.63, 3.8) is 0 Å². The Hall–Kier alpha value is -3.53. The maximum atomic E-state index is 13.1. The van der Waals surface area contributed by atoms with E-state index in [1.165, 1.54) is 37.4 Å². The van der Waals surface area contributed by atoms with E-state index in [0.29, 0.717) is 18.0 Å². The Morgan fingerprint density at radius 1 is 1.23 bits per heavy atom. The molecule has 30 heavy (non-hydrogen) atoms. The molecule has 156 valence electrons. The molecule has 0 bridgehead atoms. The first kappa shape index (κ1) is 21.2. The number of thiocarbonyl (C=S) groups is 1. The van der Waals surface area contributed by atoms with Gasteiger partial charge in [0, 0.05) is 6.07 Å². The summed E-state index contributed by atoms with van der Waals surface area (Å²) in [4.78, 5) is 10.4. The van der Waals surface area contributed by atoms with Crippen LogP contribution in [0.2, 0.25) is 0 Å². The highest BCUT2D eigenvalue weighted by Crippen LogP contribution is 2.29. The van der Waals surface area contributed by atoms with Gasteiger partial charge in [-0.05, 0) is 49.8 Å². The largest absolute Gasteiger partial charge is 0.494 e. The van der Waals surface area contributed by atoms with Crippen LogP contribution in [0, 0.1) is 29.8 Å². The van der Waals surface area contributed by atoms with Crippen LogP contribution < -0.4 is 15.4 Å². The molecule has 8 nitrogen and oxygen atoms in total. The number of nitro groups is 1. The molecule has 2 N–H and O–H groups in total. The first-order valence-corrected chi connectivity index (χ1v) is 9.38. The van der Waals surface area contributed by atoms with Crippen LogP contribution in [0.5, 0.6) is 5.75 Å². The number of nitrogens with one attached hydrogen (secondary N) is 2. The van der Waals surface area contributed by atoms with Crippen molar-refractivity contribution in [1.82, 2.24) is 9.78 Å². The van der Waals surface area contributed by atoms with Crippen LogP contribution in [0.25, 0.3) is 0 Å². The van der Waals surface area contributed by atoms with Crippen LogP contribution in [0.15, 0.2) is 42.5 Å². The Balaban J connectivity index is 1.75. The summed E-state index contributed by atoms with van der Waals surface area (Å²) in [6.45, 7) is 4.25. The number of hydrogen-bond donors (Lipinski definition) is 2. The zero-order valence-corrected chi connectivity index (χ0v) is 17.4. The SMILES string of the molecule is COc1cc([N+](=O)[O-])ccc1NC(=S)Nc1c(C)nn(Cc2ccc(F)cc2)c1C. The number of halogens is 1. The summed E-state index contributed by atoms with van der Waals surface area (Å²) in [5.74, 6) is 0.0152. The molecule has 1 aromatic heterocycles. The predicted octanol–water partition coefficient (Wildman–Crippen LogP) is 4.41. The van der Waals surface area contributed by atoms with Gasteiger partial charge in [-0.3, -0.25) is 14.8 Å². The summed E-state index contributed by atoms with van der Waals surface area (Å²) in [7, 11) is 1.43. The Labute approximate surface area is 177 Å². The highest BCUT2D eigenvalue weighted by molar-refractivity contribution is 7.80. The van der Waals surface area contributed by atoms with Crippen molar-refractivity contribution in [2.24, 2.45) is 0 Å². The van der Waals surface area contributed by atoms with E-state index < -0.39 is 4.92 Å². The summed E-state index contributed by atoms with van der Waals surface area (Å²) in [5.41, 5.74) is 3.69. The maximum absolute atomic E-state index is 13.1. The Morgan fingerprint density at radius 3 is 2.57 bits per heavy atom. The zero-order chi connectivity index (χ0) is 21.8. The monoisotopic (exact) mass is 429 g/mol. The average molecular weight is 429 g/mol. The molecule has 2 aromatic carbocycles. The van der Waals surface area contributed by atoms with Gasteiger partial charge in [0.15, 0.2) is 5.11 Å². The number of hydrogen-bond acceptors (Lipinski definition) is 5. The molecule has 10 heteroatoms. The summed E-state index contributed by atoms with van der Waals surface area (Å²) < 4.78 is 20.1. The molecule has 0 spiro atoms. The minimum absolute atomic E-state index is 0.0787. The van der Waals surface area contributed by atoms with Gasteiger partial charge in [0.05, 0.1) is 47.4 Å². The first-order chi connectivity index (χ1) is 14.3. The average Bonchev–Trinajstić information content (AvgIpc) is 2.97. The van der Waals surface area contributed by atoms with Crippen molar-refractivity contribution in [3.8, 4) is 5.75 Å². The molecule has 0 radical (unpaired) electrons. The highest BCUT2D eigenvalue weighted by atomic mass is 32.1. The first-order valence-electron chi connectivity index (χ1n) is 8.97. The second kappa shape index (κ2) is 8.87. The summed E-state index contributed by atoms with van der Waals surface area (Å²) in [6, 6.07) is 10.5. The van der Waals surface area contributed by atoms with Gasteiger partial charge in [-0.2, -0.15) is 5.10 Å². The fraction of sp³-hybridized carbons (Fsp3) is 0.200. The molecule has 0 saturated carbocycles. The van der Waals surface area contributed by atoms with E-state index in [1.807, 2.05) is 13.8 Å². The number of ether oxygens (including phenoxy) is 1. The summed E-state index contributed by atoms with van der Waals surface area (Å²) in [6.07, 6.45) is 0. The zero-order valence-electron chi connectivity index (χ0n) is 16.6. The lowest BCUT2D eigenvalue weighted by Crippen LogP contribution is -2.20. The molecule has 0 saturated heterocycles. The smallest absolute Gasteiger partial charge is 0.273 e. The van der Waals surface area contributed by atoms with Gasteiger partial charge in [-0.25, -0.2) is 4.39 Å². The van der Waals surface area contributed by atoms with Crippen molar-refractivity contribution in [3.05, 3.63) is 75.3 Å². The number of aromatic nitrogens is 2. The lowest BCUT2D eigenvalue weighted by atomic mass is 10.2. The van der Waals surface area contributed by atoms with Crippen molar-refractivity contribution >= 4 is 34.4 Å². The van der Waals surface area contributed by atoms with Gasteiger partial charge in [0.2, 0.25) is 0 Å². The van der Waals surface area contributed by atoms with Crippen LogP contribution in [0.4, 0.5) is 21.5 Å². The Bertz CT molecular complexity index is 1100. The third kappa shape index (κ3) is 4.71. The molecule has 3 rings (SSSR count). The van der Waals surface area contributed by atoms with Gasteiger partial charge in [0.25, 0.3) is 5.69 Å². The maximum Gasteiger partial charge on any atom is 0.273 e. The third-order valence-corrected chi connectivity index (χ3v) is 4.71. The highest BCUT2D eigenvalue weighted by Gasteiger charge is 2.16. The molecular weight excluding hydrogens is 409 g/mol. The molecule has 0 fully saturated rings. The van der Waals surface area contributed by atoms with Gasteiger partial charge >= 0.3 is 0 Å². The van der Waals surface area contributed by atoms with Crippen LogP contribution >= 0.6 is 12.2 Å². The fourth-order valence-electron chi connectivity index (χ4n) is 2.96. The van der Waals surface area contributed by atoms with Crippen LogP contribution in [0.3, 0.4) is 0 Å². The van der Waals surface area contributed by atoms with E-state index in [2.05, 4.69) is 15.7 Å². The number of aryl methyl sites for hydroxylation is 1. The van der Waals surface area contributed by atoms with Crippen molar-refractivity contribution in [2.45, 2.75) is 20.4 Å². The molecule has 3 aromatic rings. The molecule has 0 aliphatic rings. The van der Waals surface area contributed by atoms with Crippen LogP contribution in [-0.4, -0.2) is 26.9 Å². The minimum atomic E-state index is -0.495. The van der Waals surface area contributed by atoms with E-state index in [-0.39, 0.29) is 16.6 Å². The number of rotatable bonds is 6. The second-order valence-corrected chi connectivity index (χ2v) is 6.96. The van der Waals surface area contributed by atoms with Crippen molar-refractivity contribution < 1.29 is 14.1 Å². The van der Waals surface area contributed by atoms with E-state index in [4.69, 9.17) is 17.0 Å². The van der Waals surface area contributed by atoms with Crippen molar-refractivity contribution in [1.29, 1.82) is 0 Å². The van der Waals surface area contributed by atoms with Crippen LogP contribution in [0.1, 0.15) is 17.0 Å². The van der Waals surface area contributed by atoms with E-state index in [1.54, 1.807) is 16.8 Å². The number of nitro benzene ring substituents is 1. The lowest BCUT2D eigenvalue weighted by molar-refractivity contribution is -0.384. The quantitative estimate of drug-likeness (QED) is 0.340. The number of non-ortho nitro benzene ring substituents is 1. The lowest BCUT2D eigenvalue weighted by Gasteiger charge is -2.13. The third-order valence-electron chi connectivity index (χ3n) is 4.51. The van der Waals surface area contributed by atoms with Crippen LogP contribution in [-0.2, 0) is 6.54 Å². The van der Waals surface area contributed by atoms with E-state index >= 15 is 0 Å². The predicted molar refractivity (Wildman–Crippen MR) is 117 cm³/mol. The number of nitrogens with zero attached hydrogens (tertiary/aromatic N) is 3. The molecule has 0 unspecified atom stereocenters. The number of anilines is 2. The molecule has 1 heterocycles. The Kier molecular flexibility index (Phi) is 6.26.